The summed E-state index contributed by atoms with van der Waals surface area (Å²) in [7, 11) is 0. The zero-order valence-corrected chi connectivity index (χ0v) is 18.3. The summed E-state index contributed by atoms with van der Waals surface area (Å²) in [4.78, 5) is 12.6. The summed E-state index contributed by atoms with van der Waals surface area (Å²) >= 11 is 12.4. The number of carbonyl (C=O) groups excluding carboxylic acids is 1. The van der Waals surface area contributed by atoms with E-state index in [4.69, 9.17) is 27.9 Å². The van der Waals surface area contributed by atoms with Crippen LogP contribution in [0.4, 0.5) is 0 Å². The minimum absolute atomic E-state index is 0.0231. The number of nitriles is 1. The molecule has 1 aromatic heterocycles. The first-order chi connectivity index (χ1) is 15.0. The van der Waals surface area contributed by atoms with E-state index in [-0.39, 0.29) is 11.7 Å². The fraction of sp³-hybridized carbons (Fsp3) is 0.250. The maximum Gasteiger partial charge on any atom is 0.262 e. The molecule has 7 heteroatoms. The Labute approximate surface area is 190 Å². The number of amides is 1. The van der Waals surface area contributed by atoms with Crippen molar-refractivity contribution in [2.24, 2.45) is 0 Å². The third kappa shape index (κ3) is 4.94. The molecule has 1 unspecified atom stereocenters. The highest BCUT2D eigenvalue weighted by Gasteiger charge is 2.18. The van der Waals surface area contributed by atoms with E-state index >= 15 is 0 Å². The van der Waals surface area contributed by atoms with Gasteiger partial charge in [0.1, 0.15) is 11.6 Å². The molecule has 2 heterocycles. The van der Waals surface area contributed by atoms with Crippen LogP contribution in [0.25, 0.3) is 17.0 Å². The van der Waals surface area contributed by atoms with Gasteiger partial charge in [-0.3, -0.25) is 4.79 Å². The second-order valence-electron chi connectivity index (χ2n) is 7.48. The lowest BCUT2D eigenvalue weighted by Crippen LogP contribution is -2.32. The van der Waals surface area contributed by atoms with Crippen LogP contribution in [0.1, 0.15) is 24.0 Å². The van der Waals surface area contributed by atoms with Gasteiger partial charge in [0.25, 0.3) is 5.91 Å². The number of rotatable bonds is 6. The van der Waals surface area contributed by atoms with E-state index in [0.29, 0.717) is 23.1 Å². The molecule has 2 aromatic carbocycles. The van der Waals surface area contributed by atoms with E-state index in [2.05, 4.69) is 9.88 Å². The van der Waals surface area contributed by atoms with Gasteiger partial charge in [-0.1, -0.05) is 47.5 Å². The highest BCUT2D eigenvalue weighted by molar-refractivity contribution is 6.35. The van der Waals surface area contributed by atoms with E-state index < -0.39 is 5.91 Å². The molecule has 1 fully saturated rings. The summed E-state index contributed by atoms with van der Waals surface area (Å²) in [6.07, 6.45) is 5.51. The van der Waals surface area contributed by atoms with Crippen LogP contribution in [0.5, 0.6) is 0 Å². The predicted molar refractivity (Wildman–Crippen MR) is 123 cm³/mol. The van der Waals surface area contributed by atoms with Gasteiger partial charge in [0.05, 0.1) is 6.10 Å². The number of para-hydroxylation sites is 1. The van der Waals surface area contributed by atoms with Crippen LogP contribution >= 0.6 is 23.2 Å². The normalized spacial score (nSPS) is 16.4. The molecule has 0 saturated carbocycles. The lowest BCUT2D eigenvalue weighted by molar-refractivity contribution is -0.117. The quantitative estimate of drug-likeness (QED) is 0.411. The Balaban J connectivity index is 1.62. The SMILES string of the molecule is N#CC(=Cc1cn(Cc2ccc(Cl)cc2Cl)c2ccccc12)C(=O)NCC1CCCO1. The lowest BCUT2D eigenvalue weighted by atomic mass is 10.1. The molecule has 1 saturated heterocycles. The molecule has 0 radical (unpaired) electrons. The first-order valence-corrected chi connectivity index (χ1v) is 10.8. The Morgan fingerprint density at radius 1 is 1.29 bits per heavy atom. The van der Waals surface area contributed by atoms with Crippen molar-refractivity contribution < 1.29 is 9.53 Å². The molecule has 5 nitrogen and oxygen atoms in total. The number of aromatic nitrogens is 1. The van der Waals surface area contributed by atoms with Crippen LogP contribution in [0.3, 0.4) is 0 Å². The van der Waals surface area contributed by atoms with Gasteiger partial charge in [-0.2, -0.15) is 5.26 Å². The molecule has 0 aliphatic carbocycles. The number of hydrogen-bond acceptors (Lipinski definition) is 3. The van der Waals surface area contributed by atoms with E-state index in [1.165, 1.54) is 0 Å². The first kappa shape index (κ1) is 21.5. The molecular weight excluding hydrogens is 433 g/mol. The van der Waals surface area contributed by atoms with Gasteiger partial charge < -0.3 is 14.6 Å². The molecule has 31 heavy (non-hydrogen) atoms. The fourth-order valence-corrected chi connectivity index (χ4v) is 4.23. The Kier molecular flexibility index (Phi) is 6.62. The van der Waals surface area contributed by atoms with Crippen molar-refractivity contribution in [2.45, 2.75) is 25.5 Å². The summed E-state index contributed by atoms with van der Waals surface area (Å²) < 4.78 is 7.58. The summed E-state index contributed by atoms with van der Waals surface area (Å²) in [5.41, 5.74) is 2.77. The van der Waals surface area contributed by atoms with E-state index in [1.807, 2.05) is 48.7 Å². The summed E-state index contributed by atoms with van der Waals surface area (Å²) in [5.74, 6) is -0.393. The summed E-state index contributed by atoms with van der Waals surface area (Å²) in [6.45, 7) is 1.67. The average molecular weight is 454 g/mol. The van der Waals surface area contributed by atoms with Crippen molar-refractivity contribution in [3.8, 4) is 6.07 Å². The van der Waals surface area contributed by atoms with Crippen molar-refractivity contribution >= 4 is 46.1 Å². The van der Waals surface area contributed by atoms with Crippen molar-refractivity contribution in [3.63, 3.8) is 0 Å². The molecule has 1 aliphatic heterocycles. The monoisotopic (exact) mass is 453 g/mol. The fourth-order valence-electron chi connectivity index (χ4n) is 3.77. The number of benzene rings is 2. The van der Waals surface area contributed by atoms with Crippen LogP contribution < -0.4 is 5.32 Å². The minimum Gasteiger partial charge on any atom is -0.376 e. The van der Waals surface area contributed by atoms with Crippen LogP contribution in [-0.4, -0.2) is 29.7 Å². The third-order valence-electron chi connectivity index (χ3n) is 5.35. The standard InChI is InChI=1S/C24H21Cl2N3O2/c25-19-8-7-16(22(26)11-19)14-29-15-18(21-5-1-2-6-23(21)29)10-17(12-27)24(30)28-13-20-4-3-9-31-20/h1-2,5-8,10-11,15,20H,3-4,9,13-14H2,(H,28,30). The number of hydrogen-bond donors (Lipinski definition) is 1. The van der Waals surface area contributed by atoms with Gasteiger partial charge in [-0.25, -0.2) is 0 Å². The Morgan fingerprint density at radius 3 is 2.87 bits per heavy atom. The number of nitrogens with zero attached hydrogens (tertiary/aromatic N) is 2. The van der Waals surface area contributed by atoms with Crippen LogP contribution in [0, 0.1) is 11.3 Å². The molecular formula is C24H21Cl2N3O2. The van der Waals surface area contributed by atoms with Gasteiger partial charge in [0.2, 0.25) is 0 Å². The molecule has 1 aliphatic rings. The number of halogens is 2. The van der Waals surface area contributed by atoms with Crippen molar-refractivity contribution in [1.29, 1.82) is 5.26 Å². The lowest BCUT2D eigenvalue weighted by Gasteiger charge is -2.10. The predicted octanol–water partition coefficient (Wildman–Crippen LogP) is 5.20. The van der Waals surface area contributed by atoms with E-state index in [0.717, 1.165) is 41.5 Å². The van der Waals surface area contributed by atoms with Gasteiger partial charge in [0, 0.05) is 52.4 Å². The molecule has 0 bridgehead atoms. The van der Waals surface area contributed by atoms with Crippen molar-refractivity contribution in [3.05, 3.63) is 75.4 Å². The average Bonchev–Trinajstić information content (AvgIpc) is 3.41. The van der Waals surface area contributed by atoms with Gasteiger partial charge >= 0.3 is 0 Å². The highest BCUT2D eigenvalue weighted by atomic mass is 35.5. The largest absolute Gasteiger partial charge is 0.376 e. The third-order valence-corrected chi connectivity index (χ3v) is 5.94. The maximum absolute atomic E-state index is 12.6. The molecule has 1 amide bonds. The van der Waals surface area contributed by atoms with Gasteiger partial charge in [-0.05, 0) is 42.7 Å². The highest BCUT2D eigenvalue weighted by Crippen LogP contribution is 2.27. The molecule has 1 N–H and O–H groups in total. The van der Waals surface area contributed by atoms with Crippen LogP contribution in [0.15, 0.2) is 54.2 Å². The van der Waals surface area contributed by atoms with Crippen LogP contribution in [-0.2, 0) is 16.1 Å². The zero-order valence-electron chi connectivity index (χ0n) is 16.8. The number of carbonyl (C=O) groups is 1. The second-order valence-corrected chi connectivity index (χ2v) is 8.32. The van der Waals surface area contributed by atoms with Gasteiger partial charge in [0.15, 0.2) is 0 Å². The second kappa shape index (κ2) is 9.57. The number of ether oxygens (including phenoxy) is 1. The Bertz CT molecular complexity index is 1190. The van der Waals surface area contributed by atoms with Gasteiger partial charge in [-0.15, -0.1) is 0 Å². The van der Waals surface area contributed by atoms with E-state index in [1.54, 1.807) is 12.1 Å². The molecule has 4 rings (SSSR count). The minimum atomic E-state index is -0.393. The molecule has 158 valence electrons. The topological polar surface area (TPSA) is 67.0 Å². The van der Waals surface area contributed by atoms with Crippen molar-refractivity contribution in [2.75, 3.05) is 13.2 Å². The molecule has 1 atom stereocenters. The van der Waals surface area contributed by atoms with E-state index in [9.17, 15) is 10.1 Å². The molecule has 0 spiro atoms. The number of nitrogens with one attached hydrogen (secondary N) is 1. The zero-order chi connectivity index (χ0) is 21.8. The smallest absolute Gasteiger partial charge is 0.262 e. The summed E-state index contributed by atoms with van der Waals surface area (Å²) in [6, 6.07) is 15.3. The van der Waals surface area contributed by atoms with Crippen molar-refractivity contribution in [1.82, 2.24) is 9.88 Å². The Hall–Kier alpha value is -2.78. The first-order valence-electron chi connectivity index (χ1n) is 10.1. The van der Waals surface area contributed by atoms with Crippen LogP contribution in [0.2, 0.25) is 10.0 Å². The summed E-state index contributed by atoms with van der Waals surface area (Å²) in [5, 5.41) is 14.5. The maximum atomic E-state index is 12.6. The molecule has 3 aromatic rings. The number of fused-ring (bicyclic) bond motifs is 1. The Morgan fingerprint density at radius 2 is 2.13 bits per heavy atom.